The molecule has 0 unspecified atom stereocenters. The van der Waals surface area contributed by atoms with Crippen LogP contribution in [0.2, 0.25) is 0 Å². The van der Waals surface area contributed by atoms with Gasteiger partial charge < -0.3 is 38.1 Å². The number of ether oxygens (including phenoxy) is 6. The number of hydrogen-bond acceptors (Lipinski definition) is 10. The average Bonchev–Trinajstić information content (AvgIpc) is 2.89. The molecule has 33 heavy (non-hydrogen) atoms. The summed E-state index contributed by atoms with van der Waals surface area (Å²) in [7, 11) is 8.57. The zero-order valence-corrected chi connectivity index (χ0v) is 19.6. The van der Waals surface area contributed by atoms with Crippen LogP contribution in [0.15, 0.2) is 71.0 Å². The first-order valence-corrected chi connectivity index (χ1v) is 9.89. The van der Waals surface area contributed by atoms with Gasteiger partial charge in [-0.05, 0) is 0 Å². The van der Waals surface area contributed by atoms with Crippen molar-refractivity contribution in [2.75, 3.05) is 49.5 Å². The van der Waals surface area contributed by atoms with E-state index in [1.807, 2.05) is 60.7 Å². The highest BCUT2D eigenvalue weighted by Gasteiger charge is 2.40. The fourth-order valence-electron chi connectivity index (χ4n) is 3.05. The highest BCUT2D eigenvalue weighted by atomic mass is 16.9. The summed E-state index contributed by atoms with van der Waals surface area (Å²) in [6, 6.07) is 18.3. The van der Waals surface area contributed by atoms with Crippen molar-refractivity contribution in [3.05, 3.63) is 71.8 Å². The zero-order chi connectivity index (χ0) is 24.2. The summed E-state index contributed by atoms with van der Waals surface area (Å²) >= 11 is 0. The molecule has 0 bridgehead atoms. The smallest absolute Gasteiger partial charge is 0.333 e. The topological polar surface area (TPSA) is 98.6 Å². The van der Waals surface area contributed by atoms with Gasteiger partial charge in [0.2, 0.25) is 0 Å². The fourth-order valence-corrected chi connectivity index (χ4v) is 3.05. The molecular formula is C23H30N2O8. The Balaban J connectivity index is 2.28. The highest BCUT2D eigenvalue weighted by Crippen LogP contribution is 2.22. The summed E-state index contributed by atoms with van der Waals surface area (Å²) in [5.74, 6) is -3.17. The molecule has 0 atom stereocenters. The van der Waals surface area contributed by atoms with Gasteiger partial charge in [0, 0.05) is 53.8 Å². The number of rotatable bonds is 14. The summed E-state index contributed by atoms with van der Waals surface area (Å²) in [5.41, 5.74) is 1.81. The molecule has 0 N–H and O–H groups in total. The fraction of sp³-hybridized carbons (Fsp3) is 0.391. The van der Waals surface area contributed by atoms with E-state index >= 15 is 0 Å². The Morgan fingerprint density at radius 2 is 0.848 bits per heavy atom. The Labute approximate surface area is 193 Å². The summed E-state index contributed by atoms with van der Waals surface area (Å²) in [6.07, 6.45) is 0. The quantitative estimate of drug-likeness (QED) is 0.183. The lowest BCUT2D eigenvalue weighted by atomic mass is 10.1. The Bertz CT molecular complexity index is 792. The lowest BCUT2D eigenvalue weighted by Gasteiger charge is -2.29. The van der Waals surface area contributed by atoms with Crippen molar-refractivity contribution in [2.24, 2.45) is 10.3 Å². The van der Waals surface area contributed by atoms with Gasteiger partial charge in [-0.1, -0.05) is 71.0 Å². The van der Waals surface area contributed by atoms with Crippen LogP contribution in [-0.4, -0.2) is 72.8 Å². The molecule has 10 heteroatoms. The third-order valence-corrected chi connectivity index (χ3v) is 4.70. The van der Waals surface area contributed by atoms with Crippen LogP contribution < -0.4 is 0 Å². The van der Waals surface area contributed by atoms with E-state index in [4.69, 9.17) is 38.1 Å². The number of benzene rings is 2. The van der Waals surface area contributed by atoms with E-state index in [-0.39, 0.29) is 18.2 Å². The summed E-state index contributed by atoms with van der Waals surface area (Å²) < 4.78 is 32.5. The number of nitrogens with zero attached hydrogens (tertiary/aromatic N) is 2. The van der Waals surface area contributed by atoms with Crippen molar-refractivity contribution in [1.82, 2.24) is 0 Å². The minimum absolute atomic E-state index is 0.242. The molecule has 0 aliphatic carbocycles. The molecule has 0 spiro atoms. The lowest BCUT2D eigenvalue weighted by molar-refractivity contribution is -0.304. The molecular weight excluding hydrogens is 432 g/mol. The van der Waals surface area contributed by atoms with E-state index in [1.54, 1.807) is 0 Å². The molecule has 0 saturated carbocycles. The number of oxime groups is 2. The van der Waals surface area contributed by atoms with Gasteiger partial charge in [-0.15, -0.1) is 0 Å². The van der Waals surface area contributed by atoms with Crippen LogP contribution >= 0.6 is 0 Å². The minimum Gasteiger partial charge on any atom is -0.351 e. The van der Waals surface area contributed by atoms with E-state index in [1.165, 1.54) is 42.7 Å². The van der Waals surface area contributed by atoms with Crippen molar-refractivity contribution in [3.8, 4) is 0 Å². The Morgan fingerprint density at radius 1 is 0.545 bits per heavy atom. The first kappa shape index (κ1) is 26.4. The van der Waals surface area contributed by atoms with Crippen molar-refractivity contribution >= 4 is 11.4 Å². The van der Waals surface area contributed by atoms with Gasteiger partial charge >= 0.3 is 11.9 Å². The van der Waals surface area contributed by atoms with Crippen molar-refractivity contribution in [1.29, 1.82) is 0 Å². The molecule has 180 valence electrons. The largest absolute Gasteiger partial charge is 0.351 e. The summed E-state index contributed by atoms with van der Waals surface area (Å²) in [6.45, 7) is -0.354. The molecule has 0 heterocycles. The maximum atomic E-state index is 5.42. The second-order valence-electron chi connectivity index (χ2n) is 6.33. The van der Waals surface area contributed by atoms with E-state index < -0.39 is 11.9 Å². The van der Waals surface area contributed by atoms with E-state index in [0.29, 0.717) is 11.1 Å². The average molecular weight is 462 g/mol. The monoisotopic (exact) mass is 462 g/mol. The van der Waals surface area contributed by atoms with Crippen LogP contribution in [0.5, 0.6) is 0 Å². The third kappa shape index (κ3) is 6.14. The molecule has 0 radical (unpaired) electrons. The molecule has 0 amide bonds. The van der Waals surface area contributed by atoms with Crippen LogP contribution in [0.1, 0.15) is 11.1 Å². The van der Waals surface area contributed by atoms with Crippen LogP contribution in [0.3, 0.4) is 0 Å². The number of hydrogen-bond donors (Lipinski definition) is 0. The molecule has 0 aliphatic heterocycles. The first-order chi connectivity index (χ1) is 16.1. The summed E-state index contributed by atoms with van der Waals surface area (Å²) in [4.78, 5) is 10.7. The van der Waals surface area contributed by atoms with Gasteiger partial charge in [0.15, 0.2) is 11.4 Å². The predicted octanol–water partition coefficient (Wildman–Crippen LogP) is 2.97. The maximum Gasteiger partial charge on any atom is 0.333 e. The molecule has 2 aromatic carbocycles. The van der Waals surface area contributed by atoms with Crippen molar-refractivity contribution in [2.45, 2.75) is 11.9 Å². The van der Waals surface area contributed by atoms with Gasteiger partial charge in [0.25, 0.3) is 6.79 Å². The van der Waals surface area contributed by atoms with Gasteiger partial charge in [0.05, 0.1) is 0 Å². The first-order valence-electron chi connectivity index (χ1n) is 9.89. The zero-order valence-electron chi connectivity index (χ0n) is 19.6. The van der Waals surface area contributed by atoms with Crippen LogP contribution in [0, 0.1) is 0 Å². The van der Waals surface area contributed by atoms with Gasteiger partial charge in [-0.25, -0.2) is 0 Å². The SMILES string of the molecule is COC(OC)(OC)/C(=N\OCO/N=C(\c1ccccc1)C(OC)(OC)OC)c1ccccc1. The lowest BCUT2D eigenvalue weighted by Crippen LogP contribution is -2.45. The molecule has 2 rings (SSSR count). The van der Waals surface area contributed by atoms with E-state index in [9.17, 15) is 0 Å². The Kier molecular flexibility index (Phi) is 10.4. The van der Waals surface area contributed by atoms with Crippen molar-refractivity contribution in [3.63, 3.8) is 0 Å². The molecule has 2 aromatic rings. The second-order valence-corrected chi connectivity index (χ2v) is 6.33. The third-order valence-electron chi connectivity index (χ3n) is 4.70. The molecule has 0 saturated heterocycles. The second kappa shape index (κ2) is 13.0. The Hall–Kier alpha value is -2.86. The molecule has 0 fully saturated rings. The van der Waals surface area contributed by atoms with E-state index in [2.05, 4.69) is 10.3 Å². The predicted molar refractivity (Wildman–Crippen MR) is 121 cm³/mol. The number of methoxy groups -OCH3 is 6. The summed E-state index contributed by atoms with van der Waals surface area (Å²) in [5, 5.41) is 8.25. The highest BCUT2D eigenvalue weighted by molar-refractivity contribution is 6.05. The van der Waals surface area contributed by atoms with Crippen LogP contribution in [-0.2, 0) is 38.1 Å². The Morgan fingerprint density at radius 3 is 1.12 bits per heavy atom. The van der Waals surface area contributed by atoms with Gasteiger partial charge in [-0.3, -0.25) is 0 Å². The van der Waals surface area contributed by atoms with Gasteiger partial charge in [-0.2, -0.15) is 0 Å². The standard InChI is InChI=1S/C23H30N2O8/c1-26-22(27-2,28-3)20(18-13-9-7-10-14-18)24-32-17-33-25-21(19-15-11-8-12-16-19)23(29-4,30-5)31-6/h7-16H,17H2,1-6H3/b24-20-,25-21+. The molecule has 10 nitrogen and oxygen atoms in total. The minimum atomic E-state index is -1.59. The molecule has 0 aliphatic rings. The van der Waals surface area contributed by atoms with Crippen molar-refractivity contribution < 1.29 is 38.1 Å². The van der Waals surface area contributed by atoms with Gasteiger partial charge in [0.1, 0.15) is 0 Å². The van der Waals surface area contributed by atoms with E-state index in [0.717, 1.165) is 0 Å². The maximum absolute atomic E-state index is 5.42. The van der Waals surface area contributed by atoms with Crippen LogP contribution in [0.4, 0.5) is 0 Å². The van der Waals surface area contributed by atoms with Crippen LogP contribution in [0.25, 0.3) is 0 Å². The normalized spacial score (nSPS) is 13.2. The molecule has 0 aromatic heterocycles.